The lowest BCUT2D eigenvalue weighted by Gasteiger charge is -2.41. The summed E-state index contributed by atoms with van der Waals surface area (Å²) in [4.78, 5) is 8.21. The molecule has 0 radical (unpaired) electrons. The smallest absolute Gasteiger partial charge is 0.252 e. The third-order valence-corrected chi connectivity index (χ3v) is 12.1. The molecular weight excluding hydrogens is 653 g/mol. The maximum atomic E-state index is 5.65. The second-order valence-electron chi connectivity index (χ2n) is 20.5. The molecule has 3 heterocycles. The van der Waals surface area contributed by atoms with E-state index in [1.807, 2.05) is 0 Å². The van der Waals surface area contributed by atoms with Crippen molar-refractivity contribution in [1.82, 2.24) is 9.55 Å². The Kier molecular flexibility index (Phi) is 7.90. The zero-order chi connectivity index (χ0) is 39.0. The van der Waals surface area contributed by atoms with E-state index in [-0.39, 0.29) is 28.4 Å². The van der Waals surface area contributed by atoms with Crippen molar-refractivity contribution in [2.75, 3.05) is 4.90 Å². The molecule has 0 unspecified atom stereocenters. The van der Waals surface area contributed by atoms with Gasteiger partial charge in [-0.15, -0.1) is 0 Å². The zero-order valence-corrected chi connectivity index (χ0v) is 35.4. The molecule has 0 bridgehead atoms. The maximum Gasteiger partial charge on any atom is 0.252 e. The van der Waals surface area contributed by atoms with Gasteiger partial charge in [-0.05, 0) is 134 Å². The summed E-state index contributed by atoms with van der Waals surface area (Å²) in [5.41, 5.74) is 21.8. The molecule has 1 aromatic heterocycles. The molecule has 8 rings (SSSR count). The molecule has 276 valence electrons. The van der Waals surface area contributed by atoms with Gasteiger partial charge in [-0.1, -0.05) is 126 Å². The summed E-state index contributed by atoms with van der Waals surface area (Å²) in [7, 11) is 0. The Morgan fingerprint density at radius 1 is 0.500 bits per heavy atom. The summed E-state index contributed by atoms with van der Waals surface area (Å²) in [6.07, 6.45) is 0. The molecule has 0 atom stereocenters. The average molecular weight is 712 g/mol. The van der Waals surface area contributed by atoms with Crippen LogP contribution in [0.4, 0.5) is 17.1 Å². The van der Waals surface area contributed by atoms with Crippen LogP contribution >= 0.6 is 0 Å². The largest absolute Gasteiger partial charge is 0.311 e. The van der Waals surface area contributed by atoms with Gasteiger partial charge in [0.25, 0.3) is 6.71 Å². The van der Waals surface area contributed by atoms with Crippen LogP contribution in [0, 0.1) is 20.8 Å². The van der Waals surface area contributed by atoms with Crippen molar-refractivity contribution in [3.05, 3.63) is 118 Å². The summed E-state index contributed by atoms with van der Waals surface area (Å²) in [6.45, 7) is 34.6. The van der Waals surface area contributed by atoms with Crippen molar-refractivity contribution in [3.63, 3.8) is 0 Å². The van der Waals surface area contributed by atoms with Crippen LogP contribution in [-0.2, 0) is 21.7 Å². The molecule has 6 aromatic rings. The van der Waals surface area contributed by atoms with E-state index in [0.29, 0.717) is 0 Å². The van der Waals surface area contributed by atoms with Crippen molar-refractivity contribution in [3.8, 4) is 17.1 Å². The van der Waals surface area contributed by atoms with Gasteiger partial charge in [-0.2, -0.15) is 0 Å². The Labute approximate surface area is 324 Å². The first-order valence-electron chi connectivity index (χ1n) is 19.9. The van der Waals surface area contributed by atoms with E-state index in [1.165, 1.54) is 89.2 Å². The van der Waals surface area contributed by atoms with E-state index >= 15 is 0 Å². The van der Waals surface area contributed by atoms with Crippen molar-refractivity contribution < 1.29 is 0 Å². The maximum absolute atomic E-state index is 5.65. The number of hydrogen-bond acceptors (Lipinski definition) is 2. The number of hydrogen-bond donors (Lipinski definition) is 0. The third kappa shape index (κ3) is 5.66. The van der Waals surface area contributed by atoms with Gasteiger partial charge in [0.2, 0.25) is 0 Å². The van der Waals surface area contributed by atoms with E-state index in [0.717, 1.165) is 11.3 Å². The highest BCUT2D eigenvalue weighted by atomic mass is 15.2. The monoisotopic (exact) mass is 711 g/mol. The molecule has 0 N–H and O–H groups in total. The summed E-state index contributed by atoms with van der Waals surface area (Å²) in [6, 6.07) is 31.1. The standard InChI is InChI=1S/C50H58BN3/c1-29-22-41-44-42(23-29)54-45-38(26-35(50(13,14)15)27-39(45)52-46(54)43-30(2)24-34(25-31(43)3)49(10,11)12)51(44)37-21-18-33(48(7,8)9)28-40(37)53(41)36-19-16-32(17-20-36)47(4,5)6/h16-28H,1-15H3. The van der Waals surface area contributed by atoms with Crippen LogP contribution in [0.15, 0.2) is 78.9 Å². The number of nitrogens with zero attached hydrogens (tertiary/aromatic N) is 3. The summed E-state index contributed by atoms with van der Waals surface area (Å²) in [5.74, 6) is 1.04. The molecule has 0 saturated heterocycles. The number of fused-ring (bicyclic) bond motifs is 4. The quantitative estimate of drug-likeness (QED) is 0.167. The van der Waals surface area contributed by atoms with Crippen LogP contribution in [0.1, 0.15) is 122 Å². The predicted molar refractivity (Wildman–Crippen MR) is 235 cm³/mol. The highest BCUT2D eigenvalue weighted by Crippen LogP contribution is 2.44. The zero-order valence-electron chi connectivity index (χ0n) is 35.4. The molecule has 3 nitrogen and oxygen atoms in total. The fourth-order valence-electron chi connectivity index (χ4n) is 8.91. The minimum Gasteiger partial charge on any atom is -0.311 e. The first-order chi connectivity index (χ1) is 25.0. The van der Waals surface area contributed by atoms with Gasteiger partial charge in [-0.25, -0.2) is 4.98 Å². The van der Waals surface area contributed by atoms with Gasteiger partial charge in [0.15, 0.2) is 0 Å². The van der Waals surface area contributed by atoms with Gasteiger partial charge in [-0.3, -0.25) is 4.57 Å². The Morgan fingerprint density at radius 2 is 1.04 bits per heavy atom. The van der Waals surface area contributed by atoms with Gasteiger partial charge in [0.1, 0.15) is 5.82 Å². The Balaban J connectivity index is 1.51. The second-order valence-corrected chi connectivity index (χ2v) is 20.5. The molecule has 2 aliphatic rings. The Hall–Kier alpha value is -4.57. The number of imidazole rings is 1. The number of benzene rings is 5. The number of rotatable bonds is 2. The highest BCUT2D eigenvalue weighted by Gasteiger charge is 2.44. The number of aromatic nitrogens is 2. The lowest BCUT2D eigenvalue weighted by atomic mass is 9.33. The van der Waals surface area contributed by atoms with Crippen molar-refractivity contribution in [1.29, 1.82) is 0 Å². The fraction of sp³-hybridized carbons (Fsp3) is 0.380. The Bertz CT molecular complexity index is 2480. The van der Waals surface area contributed by atoms with Crippen LogP contribution in [0.5, 0.6) is 0 Å². The molecule has 0 amide bonds. The molecule has 0 fully saturated rings. The molecule has 0 spiro atoms. The van der Waals surface area contributed by atoms with Crippen LogP contribution in [0.2, 0.25) is 0 Å². The van der Waals surface area contributed by atoms with Gasteiger partial charge < -0.3 is 4.90 Å². The van der Waals surface area contributed by atoms with E-state index in [4.69, 9.17) is 4.98 Å². The number of aryl methyl sites for hydroxylation is 3. The van der Waals surface area contributed by atoms with Crippen molar-refractivity contribution in [2.24, 2.45) is 0 Å². The first-order valence-corrected chi connectivity index (χ1v) is 19.9. The fourth-order valence-corrected chi connectivity index (χ4v) is 8.91. The topological polar surface area (TPSA) is 21.1 Å². The van der Waals surface area contributed by atoms with Crippen LogP contribution < -0.4 is 21.3 Å². The predicted octanol–water partition coefficient (Wildman–Crippen LogP) is 11.4. The van der Waals surface area contributed by atoms with Crippen LogP contribution in [0.3, 0.4) is 0 Å². The molecule has 54 heavy (non-hydrogen) atoms. The Morgan fingerprint density at radius 3 is 1.61 bits per heavy atom. The highest BCUT2D eigenvalue weighted by molar-refractivity contribution is 7.00. The van der Waals surface area contributed by atoms with Crippen molar-refractivity contribution >= 4 is 51.2 Å². The molecule has 4 heteroatoms. The lowest BCUT2D eigenvalue weighted by Crippen LogP contribution is -2.60. The number of anilines is 3. The van der Waals surface area contributed by atoms with Gasteiger partial charge in [0, 0.05) is 28.3 Å². The first kappa shape index (κ1) is 36.4. The molecule has 0 aliphatic carbocycles. The average Bonchev–Trinajstić information content (AvgIpc) is 3.43. The van der Waals surface area contributed by atoms with E-state index < -0.39 is 0 Å². The lowest BCUT2D eigenvalue weighted by molar-refractivity contribution is 0.589. The SMILES string of the molecule is Cc1cc2c3c(c1)-n1c(-c4c(C)cc(C(C)(C)C)cc4C)nc4cc(C(C)(C)C)cc(c41)B3c1ccc(C(C)(C)C)cc1N2c1ccc(C(C)(C)C)cc1. The molecular formula is C50H58BN3. The molecule has 0 saturated carbocycles. The van der Waals surface area contributed by atoms with Gasteiger partial charge >= 0.3 is 0 Å². The summed E-state index contributed by atoms with van der Waals surface area (Å²) >= 11 is 0. The van der Waals surface area contributed by atoms with Crippen molar-refractivity contribution in [2.45, 2.75) is 126 Å². The van der Waals surface area contributed by atoms with Crippen LogP contribution in [-0.4, -0.2) is 16.3 Å². The minimum absolute atomic E-state index is 0.00654. The van der Waals surface area contributed by atoms with Gasteiger partial charge in [0.05, 0.1) is 11.0 Å². The second kappa shape index (κ2) is 11.7. The minimum atomic E-state index is -0.0420. The van der Waals surface area contributed by atoms with Crippen LogP contribution in [0.25, 0.3) is 28.1 Å². The van der Waals surface area contributed by atoms with E-state index in [9.17, 15) is 0 Å². The molecule has 5 aromatic carbocycles. The summed E-state index contributed by atoms with van der Waals surface area (Å²) in [5, 5.41) is 0. The van der Waals surface area contributed by atoms with E-state index in [2.05, 4.69) is 192 Å². The van der Waals surface area contributed by atoms with E-state index in [1.54, 1.807) is 0 Å². The normalized spacial score (nSPS) is 14.1. The molecule has 2 aliphatic heterocycles. The third-order valence-electron chi connectivity index (χ3n) is 12.1. The summed E-state index contributed by atoms with van der Waals surface area (Å²) < 4.78 is 2.53.